The first kappa shape index (κ1) is 83.6. The number of aldehydes is 1. The molecule has 0 radical (unpaired) electrons. The first-order valence-electron chi connectivity index (χ1n) is 41.0. The van der Waals surface area contributed by atoms with Crippen LogP contribution in [-0.2, 0) is 40.0 Å². The number of carbonyl (C=O) groups is 9. The number of amides is 8. The van der Waals surface area contributed by atoms with Crippen molar-refractivity contribution in [3.63, 3.8) is 0 Å². The van der Waals surface area contributed by atoms with E-state index in [-0.39, 0.29) is 61.2 Å². The monoisotopic (exact) mass is 1620 g/mol. The fraction of sp³-hybridized carbons (Fsp3) is 0.460. The minimum absolute atomic E-state index is 0.0932. The van der Waals surface area contributed by atoms with Crippen molar-refractivity contribution in [1.29, 1.82) is 0 Å². The van der Waals surface area contributed by atoms with Crippen LogP contribution in [0.25, 0.3) is 22.3 Å². The van der Waals surface area contributed by atoms with E-state index in [1.54, 1.807) is 36.9 Å². The number of H-pyrrole nitrogens is 1. The molecule has 119 heavy (non-hydrogen) atoms. The van der Waals surface area contributed by atoms with Crippen molar-refractivity contribution in [3.05, 3.63) is 137 Å². The fourth-order valence-electron chi connectivity index (χ4n) is 16.1. The number of anilines is 4. The molecule has 8 amide bonds. The number of imide groups is 4. The third-order valence-electron chi connectivity index (χ3n) is 22.2. The van der Waals surface area contributed by atoms with Gasteiger partial charge in [-0.3, -0.25) is 83.6 Å². The first-order valence-corrected chi connectivity index (χ1v) is 41.0. The largest absolute Gasteiger partial charge is 0.491 e. The van der Waals surface area contributed by atoms with E-state index in [1.807, 2.05) is 70.2 Å². The van der Waals surface area contributed by atoms with Gasteiger partial charge >= 0.3 is 0 Å². The van der Waals surface area contributed by atoms with Crippen LogP contribution >= 0.6 is 0 Å². The highest BCUT2D eigenvalue weighted by molar-refractivity contribution is 6.25. The number of nitrogens with zero attached hydrogens (tertiary/aromatic N) is 15. The van der Waals surface area contributed by atoms with Crippen LogP contribution in [0.3, 0.4) is 0 Å². The second kappa shape index (κ2) is 38.7. The zero-order valence-corrected chi connectivity index (χ0v) is 68.1. The Bertz CT molecular complexity index is 5130. The Balaban J connectivity index is 0.000000163. The van der Waals surface area contributed by atoms with Gasteiger partial charge in [0.25, 0.3) is 23.6 Å². The van der Waals surface area contributed by atoms with E-state index in [2.05, 4.69) is 136 Å². The summed E-state index contributed by atoms with van der Waals surface area (Å²) in [6.45, 7) is 28.9. The van der Waals surface area contributed by atoms with Crippen LogP contribution in [0.15, 0.2) is 103 Å². The minimum atomic E-state index is -0.971. The molecule has 12 heterocycles. The van der Waals surface area contributed by atoms with Crippen LogP contribution in [0.1, 0.15) is 138 Å². The highest BCUT2D eigenvalue weighted by Crippen LogP contribution is 2.36. The van der Waals surface area contributed by atoms with Gasteiger partial charge in [0.2, 0.25) is 23.6 Å². The summed E-state index contributed by atoms with van der Waals surface area (Å²) in [4.78, 5) is 151. The summed E-state index contributed by atoms with van der Waals surface area (Å²) in [5, 5.41) is 16.5. The van der Waals surface area contributed by atoms with Crippen LogP contribution in [0.5, 0.6) is 11.5 Å². The molecule has 32 nitrogen and oxygen atoms in total. The van der Waals surface area contributed by atoms with Crippen LogP contribution in [0.2, 0.25) is 0 Å². The molecule has 0 saturated carbocycles. The number of nitrogens with one attached hydrogen (secondary N) is 4. The van der Waals surface area contributed by atoms with Crippen LogP contribution in [0, 0.1) is 23.7 Å². The van der Waals surface area contributed by atoms with Crippen molar-refractivity contribution >= 4 is 93.2 Å². The van der Waals surface area contributed by atoms with E-state index in [4.69, 9.17) is 23.9 Å². The number of hydrogen-bond acceptors (Lipinski definition) is 27. The van der Waals surface area contributed by atoms with E-state index in [0.29, 0.717) is 69.9 Å². The number of carbonyl (C=O) groups excluding carboxylic acids is 9. The lowest BCUT2D eigenvalue weighted by atomic mass is 10.0. The number of aromatic amines is 1. The van der Waals surface area contributed by atoms with Crippen LogP contribution in [0.4, 0.5) is 23.0 Å². The van der Waals surface area contributed by atoms with Gasteiger partial charge in [-0.05, 0) is 127 Å². The highest BCUT2D eigenvalue weighted by atomic mass is 16.5. The number of ether oxygens (including phenoxy) is 4. The Hall–Kier alpha value is -11.9. The molecule has 9 aliphatic rings. The molecule has 7 aromatic rings. The molecular formula is C87H101N19O13. The number of hydrogen-bond donors (Lipinski definition) is 4. The molecule has 3 aromatic heterocycles. The van der Waals surface area contributed by atoms with Gasteiger partial charge in [0.15, 0.2) is 0 Å². The maximum atomic E-state index is 13.3. The van der Waals surface area contributed by atoms with Gasteiger partial charge in [-0.25, -0.2) is 19.9 Å². The van der Waals surface area contributed by atoms with Crippen molar-refractivity contribution in [2.45, 2.75) is 123 Å². The second-order valence-corrected chi connectivity index (χ2v) is 31.2. The van der Waals surface area contributed by atoms with Gasteiger partial charge in [-0.2, -0.15) is 5.10 Å². The molecule has 4 N–H and O–H groups in total. The van der Waals surface area contributed by atoms with Crippen molar-refractivity contribution in [3.8, 4) is 46.6 Å². The molecule has 4 atom stereocenters. The topological polar surface area (TPSA) is 348 Å². The zero-order chi connectivity index (χ0) is 83.2. The SMILES string of the molecule is CC(C)Oc1ccc2[nH]nc(-c3cc(N4CCN[C@@H](C)C4)ncn3)c2c1.CC(C)Oc1ccc2c(c1)C(c1cc(N3CCN(CCOCCC#CCN4CCN(c5ccc6c(c5)C(=O)N(C5CCC(=O)NC5=O)C6=O)CC4)[C@@H](C)C3)ncn1)=NC2.O=CCOCCC#CCN1CCN(c2ccc3c(c2)C(=O)N(C2CCC(=O)NC2=O)C3=O)CC1. The minimum Gasteiger partial charge on any atom is -0.491 e. The third kappa shape index (κ3) is 20.1. The lowest BCUT2D eigenvalue weighted by Gasteiger charge is -2.40. The highest BCUT2D eigenvalue weighted by Gasteiger charge is 2.47. The molecule has 16 rings (SSSR count). The Morgan fingerprint density at radius 2 is 1.07 bits per heavy atom. The van der Waals surface area contributed by atoms with Gasteiger partial charge in [0.1, 0.15) is 66.5 Å². The molecule has 9 aliphatic heterocycles. The van der Waals surface area contributed by atoms with Crippen molar-refractivity contribution < 1.29 is 62.1 Å². The summed E-state index contributed by atoms with van der Waals surface area (Å²) in [5.74, 6) is 12.3. The Morgan fingerprint density at radius 1 is 0.529 bits per heavy atom. The standard InChI is InChI=1S/C44H51N9O6.C24H26N4O6.C19H24N6O/c1-29(2)59-33-9-7-31-26-45-41(35(31)24-33)37-25-39(47-28-46-37)52-19-18-50(30(3)27-52)20-22-58-21-6-4-5-13-49-14-16-51(17-15-49)32-8-10-34-36(23-32)44(57)53(43(34)56)38-11-12-40(54)48-42(38)55;29-13-15-34-14-3-1-2-8-26-9-11-27(12-10-26)17-4-5-18-19(16-17)24(33)28(23(18)32)20-6-7-21(30)25-22(20)31;1-12(2)26-14-4-5-16-15(8-14)19(24-23-16)17-9-18(22-11-21-17)25-7-6-20-13(3)10-25/h7-10,23-25,28-30,38H,6,11-22,26-27H2,1-3H3,(H,48,54,55);4-5,13,16,20H,3,6-12,14-15H2,(H,25,30,31);4-5,8-9,11-13,20H,6-7,10H2,1-3H3,(H,23,24)/t30-,38?;;13-/m0.0/s1. The molecule has 622 valence electrons. The summed E-state index contributed by atoms with van der Waals surface area (Å²) in [7, 11) is 0. The van der Waals surface area contributed by atoms with Gasteiger partial charge < -0.3 is 48.7 Å². The third-order valence-corrected chi connectivity index (χ3v) is 22.2. The van der Waals surface area contributed by atoms with E-state index < -0.39 is 59.3 Å². The van der Waals surface area contributed by atoms with Crippen LogP contribution in [-0.4, -0.2) is 288 Å². The van der Waals surface area contributed by atoms with Gasteiger partial charge in [-0.1, -0.05) is 29.7 Å². The quantitative estimate of drug-likeness (QED) is 0.0277. The number of aliphatic imine (C=N–C) groups is 1. The lowest BCUT2D eigenvalue weighted by Crippen LogP contribution is -2.54. The lowest BCUT2D eigenvalue weighted by molar-refractivity contribution is -0.137. The molecule has 4 aromatic carbocycles. The zero-order valence-electron chi connectivity index (χ0n) is 68.1. The molecule has 0 spiro atoms. The fourth-order valence-corrected chi connectivity index (χ4v) is 16.1. The summed E-state index contributed by atoms with van der Waals surface area (Å²) < 4.78 is 22.8. The molecule has 0 bridgehead atoms. The summed E-state index contributed by atoms with van der Waals surface area (Å²) in [6.07, 6.45) is 5.94. The number of piperazine rings is 4. The molecule has 6 fully saturated rings. The molecule has 32 heteroatoms. The van der Waals surface area contributed by atoms with E-state index in [1.165, 1.54) is 5.56 Å². The summed E-state index contributed by atoms with van der Waals surface area (Å²) in [6, 6.07) is 25.5. The van der Waals surface area contributed by atoms with E-state index in [9.17, 15) is 43.2 Å². The predicted octanol–water partition coefficient (Wildman–Crippen LogP) is 5.18. The average molecular weight is 1620 g/mol. The number of benzene rings is 4. The van der Waals surface area contributed by atoms with Gasteiger partial charge in [0.05, 0.1) is 96.5 Å². The second-order valence-electron chi connectivity index (χ2n) is 31.2. The Labute approximate surface area is 691 Å². The smallest absolute Gasteiger partial charge is 0.262 e. The average Bonchev–Trinajstić information content (AvgIpc) is 1.62. The van der Waals surface area contributed by atoms with E-state index >= 15 is 0 Å². The Kier molecular flexibility index (Phi) is 27.2. The number of fused-ring (bicyclic) bond motifs is 4. The Morgan fingerprint density at radius 3 is 1.63 bits per heavy atom. The number of aromatic nitrogens is 6. The summed E-state index contributed by atoms with van der Waals surface area (Å²) >= 11 is 0. The molecule has 0 aliphatic carbocycles. The van der Waals surface area contributed by atoms with Gasteiger partial charge in [-0.15, -0.1) is 0 Å². The van der Waals surface area contributed by atoms with Crippen molar-refractivity contribution in [2.75, 3.05) is 157 Å². The van der Waals surface area contributed by atoms with Crippen molar-refractivity contribution in [1.82, 2.24) is 70.6 Å². The molecule has 6 saturated heterocycles. The summed E-state index contributed by atoms with van der Waals surface area (Å²) in [5.41, 5.74) is 9.45. The van der Waals surface area contributed by atoms with Gasteiger partial charge in [0, 0.05) is 170 Å². The molecule has 2 unspecified atom stereocenters. The predicted molar refractivity (Wildman–Crippen MR) is 445 cm³/mol. The maximum absolute atomic E-state index is 13.3. The van der Waals surface area contributed by atoms with E-state index in [0.717, 1.165) is 188 Å². The first-order chi connectivity index (χ1) is 57.7. The van der Waals surface area contributed by atoms with Crippen LogP contribution < -0.4 is 45.0 Å². The normalized spacial score (nSPS) is 20.2. The van der Waals surface area contributed by atoms with Crippen molar-refractivity contribution in [2.24, 2.45) is 4.99 Å². The maximum Gasteiger partial charge on any atom is 0.262 e. The molecular weight excluding hydrogens is 1520 g/mol. The number of rotatable bonds is 23. The number of piperidine rings is 2.